The number of aliphatic imine (C=N–C) groups is 1. The van der Waals surface area contributed by atoms with Crippen molar-refractivity contribution in [2.24, 2.45) is 10.7 Å². The number of rotatable bonds is 8. The highest BCUT2D eigenvalue weighted by molar-refractivity contribution is 5.92. The van der Waals surface area contributed by atoms with Crippen molar-refractivity contribution in [2.45, 2.75) is 26.2 Å². The van der Waals surface area contributed by atoms with Crippen LogP contribution in [0, 0.1) is 0 Å². The molecule has 0 saturated carbocycles. The number of nitrogens with one attached hydrogen (secondary N) is 2. The lowest BCUT2D eigenvalue weighted by atomic mass is 10.1. The summed E-state index contributed by atoms with van der Waals surface area (Å²) < 4.78 is 0. The number of benzene rings is 1. The van der Waals surface area contributed by atoms with E-state index in [1.54, 1.807) is 6.20 Å². The minimum absolute atomic E-state index is 0.465. The van der Waals surface area contributed by atoms with Gasteiger partial charge in [-0.3, -0.25) is 4.99 Å². The summed E-state index contributed by atoms with van der Waals surface area (Å²) in [5, 5.41) is 6.39. The van der Waals surface area contributed by atoms with E-state index in [0.29, 0.717) is 5.96 Å². The molecule has 0 atom stereocenters. The third kappa shape index (κ3) is 6.38. The van der Waals surface area contributed by atoms with Crippen molar-refractivity contribution in [1.29, 1.82) is 0 Å². The lowest BCUT2D eigenvalue weighted by Gasteiger charge is -2.07. The second-order valence-corrected chi connectivity index (χ2v) is 5.29. The van der Waals surface area contributed by atoms with Crippen LogP contribution in [0.25, 0.3) is 0 Å². The number of hydrogen-bond acceptors (Lipinski definition) is 3. The minimum Gasteiger partial charge on any atom is -0.370 e. The van der Waals surface area contributed by atoms with Crippen LogP contribution < -0.4 is 16.4 Å². The predicted octanol–water partition coefficient (Wildman–Crippen LogP) is 3.26. The molecule has 0 fully saturated rings. The molecule has 2 rings (SSSR count). The van der Waals surface area contributed by atoms with Gasteiger partial charge in [-0.25, -0.2) is 4.98 Å². The number of pyridine rings is 1. The minimum atomic E-state index is 0.465. The summed E-state index contributed by atoms with van der Waals surface area (Å²) in [5.41, 5.74) is 8.18. The number of nitrogens with two attached hydrogens (primary N) is 1. The maximum atomic E-state index is 5.90. The smallest absolute Gasteiger partial charge is 0.193 e. The first-order chi connectivity index (χ1) is 11.3. The molecule has 1 aromatic heterocycles. The van der Waals surface area contributed by atoms with Crippen LogP contribution in [0.4, 0.5) is 11.5 Å². The van der Waals surface area contributed by atoms with Gasteiger partial charge in [0.1, 0.15) is 5.82 Å². The SMILES string of the molecule is CCc1ccc(NC(N)=NCCCCNc2ccccn2)cc1. The summed E-state index contributed by atoms with van der Waals surface area (Å²) in [5.74, 6) is 1.37. The van der Waals surface area contributed by atoms with Crippen LogP contribution >= 0.6 is 0 Å². The average Bonchev–Trinajstić information content (AvgIpc) is 2.59. The molecular formula is C18H25N5. The molecule has 0 aliphatic heterocycles. The van der Waals surface area contributed by atoms with E-state index in [0.717, 1.165) is 43.9 Å². The highest BCUT2D eigenvalue weighted by Gasteiger charge is 1.96. The van der Waals surface area contributed by atoms with E-state index >= 15 is 0 Å². The molecule has 0 aliphatic carbocycles. The zero-order valence-corrected chi connectivity index (χ0v) is 13.6. The van der Waals surface area contributed by atoms with E-state index in [-0.39, 0.29) is 0 Å². The van der Waals surface area contributed by atoms with Crippen LogP contribution in [0.5, 0.6) is 0 Å². The average molecular weight is 311 g/mol. The van der Waals surface area contributed by atoms with Gasteiger partial charge < -0.3 is 16.4 Å². The summed E-state index contributed by atoms with van der Waals surface area (Å²) in [6.45, 7) is 3.75. The Morgan fingerprint density at radius 3 is 2.65 bits per heavy atom. The number of hydrogen-bond donors (Lipinski definition) is 3. The normalized spacial score (nSPS) is 11.3. The van der Waals surface area contributed by atoms with Crippen LogP contribution in [0.2, 0.25) is 0 Å². The van der Waals surface area contributed by atoms with Crippen molar-refractivity contribution in [2.75, 3.05) is 23.7 Å². The molecular weight excluding hydrogens is 286 g/mol. The first-order valence-electron chi connectivity index (χ1n) is 8.08. The summed E-state index contributed by atoms with van der Waals surface area (Å²) in [6, 6.07) is 14.1. The van der Waals surface area contributed by atoms with Gasteiger partial charge >= 0.3 is 0 Å². The second kappa shape index (κ2) is 9.46. The quantitative estimate of drug-likeness (QED) is 0.397. The molecule has 4 N–H and O–H groups in total. The maximum absolute atomic E-state index is 5.90. The molecule has 5 nitrogen and oxygen atoms in total. The Morgan fingerprint density at radius 1 is 1.13 bits per heavy atom. The zero-order chi connectivity index (χ0) is 16.3. The lowest BCUT2D eigenvalue weighted by molar-refractivity contribution is 0.772. The molecule has 23 heavy (non-hydrogen) atoms. The van der Waals surface area contributed by atoms with Gasteiger partial charge in [-0.2, -0.15) is 0 Å². The number of nitrogens with zero attached hydrogens (tertiary/aromatic N) is 2. The van der Waals surface area contributed by atoms with E-state index in [2.05, 4.69) is 39.7 Å². The van der Waals surface area contributed by atoms with Crippen molar-refractivity contribution in [3.8, 4) is 0 Å². The van der Waals surface area contributed by atoms with Crippen LogP contribution in [0.3, 0.4) is 0 Å². The molecule has 5 heteroatoms. The molecule has 0 spiro atoms. The Kier molecular flexibility index (Phi) is 6.91. The van der Waals surface area contributed by atoms with Gasteiger partial charge in [-0.15, -0.1) is 0 Å². The van der Waals surface area contributed by atoms with Crippen molar-refractivity contribution >= 4 is 17.5 Å². The van der Waals surface area contributed by atoms with Gasteiger partial charge in [0.15, 0.2) is 5.96 Å². The fourth-order valence-corrected chi connectivity index (χ4v) is 2.13. The molecule has 0 bridgehead atoms. The Bertz CT molecular complexity index is 593. The summed E-state index contributed by atoms with van der Waals surface area (Å²) >= 11 is 0. The van der Waals surface area contributed by atoms with Gasteiger partial charge in [0.05, 0.1) is 0 Å². The van der Waals surface area contributed by atoms with Gasteiger partial charge in [-0.05, 0) is 49.1 Å². The fourth-order valence-electron chi connectivity index (χ4n) is 2.13. The zero-order valence-electron chi connectivity index (χ0n) is 13.6. The molecule has 0 radical (unpaired) electrons. The van der Waals surface area contributed by atoms with Gasteiger partial charge in [0, 0.05) is 25.0 Å². The first-order valence-corrected chi connectivity index (χ1v) is 8.08. The number of unbranched alkanes of at least 4 members (excludes halogenated alkanes) is 1. The van der Waals surface area contributed by atoms with E-state index in [1.807, 2.05) is 30.3 Å². The van der Waals surface area contributed by atoms with Gasteiger partial charge in [0.25, 0.3) is 0 Å². The predicted molar refractivity (Wildman–Crippen MR) is 97.9 cm³/mol. The third-order valence-electron chi connectivity index (χ3n) is 3.47. The Balaban J connectivity index is 1.62. The van der Waals surface area contributed by atoms with Crippen molar-refractivity contribution in [3.63, 3.8) is 0 Å². The van der Waals surface area contributed by atoms with Crippen LogP contribution in [-0.2, 0) is 6.42 Å². The molecule has 0 amide bonds. The van der Waals surface area contributed by atoms with E-state index in [1.165, 1.54) is 5.56 Å². The molecule has 0 aliphatic rings. The molecule has 1 heterocycles. The second-order valence-electron chi connectivity index (χ2n) is 5.29. The van der Waals surface area contributed by atoms with Crippen molar-refractivity contribution in [1.82, 2.24) is 4.98 Å². The summed E-state index contributed by atoms with van der Waals surface area (Å²) in [4.78, 5) is 8.56. The molecule has 0 unspecified atom stereocenters. The van der Waals surface area contributed by atoms with E-state index < -0.39 is 0 Å². The Morgan fingerprint density at radius 2 is 1.96 bits per heavy atom. The largest absolute Gasteiger partial charge is 0.370 e. The highest BCUT2D eigenvalue weighted by atomic mass is 15.1. The fraction of sp³-hybridized carbons (Fsp3) is 0.333. The van der Waals surface area contributed by atoms with Crippen LogP contribution in [0.1, 0.15) is 25.3 Å². The lowest BCUT2D eigenvalue weighted by Crippen LogP contribution is -2.22. The third-order valence-corrected chi connectivity index (χ3v) is 3.47. The Hall–Kier alpha value is -2.56. The summed E-state index contributed by atoms with van der Waals surface area (Å²) in [7, 11) is 0. The van der Waals surface area contributed by atoms with Crippen molar-refractivity contribution in [3.05, 3.63) is 54.2 Å². The first kappa shape index (κ1) is 16.8. The van der Waals surface area contributed by atoms with E-state index in [4.69, 9.17) is 5.73 Å². The number of guanidine groups is 1. The molecule has 0 saturated heterocycles. The summed E-state index contributed by atoms with van der Waals surface area (Å²) in [6.07, 6.45) is 4.83. The van der Waals surface area contributed by atoms with Gasteiger partial charge in [-0.1, -0.05) is 25.1 Å². The Labute approximate surface area is 138 Å². The molecule has 2 aromatic rings. The monoisotopic (exact) mass is 311 g/mol. The number of anilines is 2. The highest BCUT2D eigenvalue weighted by Crippen LogP contribution is 2.09. The van der Waals surface area contributed by atoms with Crippen molar-refractivity contribution < 1.29 is 0 Å². The van der Waals surface area contributed by atoms with Gasteiger partial charge in [0.2, 0.25) is 0 Å². The molecule has 122 valence electrons. The topological polar surface area (TPSA) is 75.3 Å². The maximum Gasteiger partial charge on any atom is 0.193 e. The molecule has 1 aromatic carbocycles. The number of aryl methyl sites for hydroxylation is 1. The van der Waals surface area contributed by atoms with Crippen LogP contribution in [-0.4, -0.2) is 24.0 Å². The van der Waals surface area contributed by atoms with E-state index in [9.17, 15) is 0 Å². The van der Waals surface area contributed by atoms with Crippen LogP contribution in [0.15, 0.2) is 53.7 Å². The standard InChI is InChI=1S/C18H25N5/c1-2-15-8-10-16(11-9-15)23-18(19)22-14-6-5-13-21-17-7-3-4-12-20-17/h3-4,7-12H,2,5-6,13-14H2,1H3,(H,20,21)(H3,19,22,23). The number of aromatic nitrogens is 1.